The van der Waals surface area contributed by atoms with Crippen molar-refractivity contribution in [2.24, 2.45) is 35.5 Å². The van der Waals surface area contributed by atoms with Crippen LogP contribution >= 0.6 is 0 Å². The van der Waals surface area contributed by atoms with Gasteiger partial charge in [-0.1, -0.05) is 71.1 Å². The Morgan fingerprint density at radius 2 is 1.58 bits per heavy atom. The van der Waals surface area contributed by atoms with E-state index in [1.807, 2.05) is 19.9 Å². The Labute approximate surface area is 435 Å². The number of carbonyl (C=O) groups is 5. The summed E-state index contributed by atoms with van der Waals surface area (Å²) < 4.78 is 78.1. The molecule has 3 fully saturated rings. The summed E-state index contributed by atoms with van der Waals surface area (Å²) in [5, 5.41) is 32.9. The number of fused-ring (bicyclic) bond motifs is 3. The molecule has 16 nitrogen and oxygen atoms in total. The van der Waals surface area contributed by atoms with Crippen molar-refractivity contribution in [3.8, 4) is 0 Å². The summed E-state index contributed by atoms with van der Waals surface area (Å²) in [4.78, 5) is 72.4. The van der Waals surface area contributed by atoms with Gasteiger partial charge in [0.2, 0.25) is 5.79 Å². The standard InChI is InChI=1S/C55H84F3NO15/c1-33-15-11-10-12-16-34(2)45(71-25-26-72-55(56,57)58)31-41-20-18-39(7)54(67,74-41)51(64)52(65)59-22-14-13-17-42(59)53(66)73-46(36(4)29-40-19-21-44(70-24-23-60)47(30-40)68-8)32-43(61)35(3)28-38(6)49(63)50(69-9)48(62)37(5)27-33/h10-12,15-16,28,33,35-37,39-42,44-47,49-50,60,63,67H,13-14,17-27,29-32H2,1-9H3/b12-10+,15-11+,34-16+,38-28+/t33-,35-,36-,37-,39-,40?,41+,42+,44-,45?,46?,47-,49-,50+,54-/m1/s1. The van der Waals surface area contributed by atoms with Gasteiger partial charge in [0.05, 0.1) is 50.8 Å². The summed E-state index contributed by atoms with van der Waals surface area (Å²) in [5.41, 5.74) is 0.914. The van der Waals surface area contributed by atoms with Gasteiger partial charge in [-0.3, -0.25) is 23.9 Å². The Morgan fingerprint density at radius 1 is 0.851 bits per heavy atom. The topological polar surface area (TPSA) is 214 Å². The maximum Gasteiger partial charge on any atom is 0.522 e. The molecule has 3 aliphatic heterocycles. The number of methoxy groups -OCH3 is 2. The molecule has 3 heterocycles. The van der Waals surface area contributed by atoms with Gasteiger partial charge in [0.1, 0.15) is 30.1 Å². The van der Waals surface area contributed by atoms with E-state index in [1.165, 1.54) is 7.11 Å². The van der Waals surface area contributed by atoms with Gasteiger partial charge in [0, 0.05) is 51.4 Å². The first-order chi connectivity index (χ1) is 34.9. The highest BCUT2D eigenvalue weighted by Gasteiger charge is 2.53. The van der Waals surface area contributed by atoms with Crippen LogP contribution in [0.1, 0.15) is 126 Å². The Hall–Kier alpha value is -3.66. The zero-order chi connectivity index (χ0) is 54.9. The third kappa shape index (κ3) is 18.2. The van der Waals surface area contributed by atoms with Gasteiger partial charge in [-0.15, -0.1) is 13.2 Å². The van der Waals surface area contributed by atoms with Crippen LogP contribution < -0.4 is 0 Å². The molecule has 3 N–H and O–H groups in total. The van der Waals surface area contributed by atoms with Crippen molar-refractivity contribution < 1.29 is 85.6 Å². The highest BCUT2D eigenvalue weighted by atomic mass is 19.4. The molecule has 1 saturated carbocycles. The van der Waals surface area contributed by atoms with Crippen LogP contribution in [0.2, 0.25) is 0 Å². The third-order valence-corrected chi connectivity index (χ3v) is 15.3. The van der Waals surface area contributed by atoms with Crippen molar-refractivity contribution in [2.75, 3.05) is 47.2 Å². The van der Waals surface area contributed by atoms with Crippen molar-refractivity contribution in [3.63, 3.8) is 0 Å². The molecule has 74 heavy (non-hydrogen) atoms. The molecule has 2 saturated heterocycles. The maximum atomic E-state index is 14.5. The Bertz CT molecular complexity index is 1970. The molecule has 19 heteroatoms. The lowest BCUT2D eigenvalue weighted by Gasteiger charge is -2.43. The van der Waals surface area contributed by atoms with Gasteiger partial charge >= 0.3 is 12.3 Å². The summed E-state index contributed by atoms with van der Waals surface area (Å²) in [6.07, 6.45) is 4.06. The number of aliphatic hydroxyl groups excluding tert-OH is 2. The molecule has 1 aliphatic carbocycles. The number of esters is 1. The van der Waals surface area contributed by atoms with Crippen LogP contribution in [0, 0.1) is 35.5 Å². The zero-order valence-electron chi connectivity index (χ0n) is 44.9. The van der Waals surface area contributed by atoms with E-state index in [2.05, 4.69) is 4.74 Å². The van der Waals surface area contributed by atoms with Crippen LogP contribution in [0.25, 0.3) is 0 Å². The van der Waals surface area contributed by atoms with Crippen LogP contribution in [0.3, 0.4) is 0 Å². The number of carbonyl (C=O) groups excluding carboxylic acids is 5. The van der Waals surface area contributed by atoms with E-state index in [0.29, 0.717) is 56.1 Å². The fourth-order valence-electron chi connectivity index (χ4n) is 10.8. The number of hydrogen-bond donors (Lipinski definition) is 3. The molecule has 4 rings (SSSR count). The average Bonchev–Trinajstić information content (AvgIpc) is 3.36. The minimum atomic E-state index is -4.88. The quantitative estimate of drug-likeness (QED) is 0.0770. The monoisotopic (exact) mass is 1060 g/mol. The molecule has 1 amide bonds. The summed E-state index contributed by atoms with van der Waals surface area (Å²) in [7, 11) is 2.94. The molecule has 0 aromatic carbocycles. The Kier molecular flexibility index (Phi) is 25.3. The SMILES string of the molecule is CO[C@@H]1CC(C[C@@H](C)C2CC(=O)[C@H](C)/C=C(\C)[C@@H](O)[C@@H](OC)C(=O)[C@H](C)C[C@H](C)/C=C/C=C/C=C(\C)C(OCCOC(F)(F)F)C[C@@H]3CC[C@@H](C)[C@@](O)(O3)C(=O)C(=O)N3CCCC[C@H]3C(=O)O2)CC[C@H]1OCCO. The highest BCUT2D eigenvalue weighted by Crippen LogP contribution is 2.38. The number of cyclic esters (lactones) is 1. The lowest BCUT2D eigenvalue weighted by molar-refractivity contribution is -0.327. The smallest absolute Gasteiger partial charge is 0.460 e. The summed E-state index contributed by atoms with van der Waals surface area (Å²) in [6, 6.07) is -1.24. The molecule has 420 valence electrons. The number of hydrogen-bond acceptors (Lipinski definition) is 15. The van der Waals surface area contributed by atoms with Crippen molar-refractivity contribution in [2.45, 2.75) is 186 Å². The van der Waals surface area contributed by atoms with E-state index in [4.69, 9.17) is 28.4 Å². The number of halogens is 3. The van der Waals surface area contributed by atoms with Crippen molar-refractivity contribution in [1.29, 1.82) is 0 Å². The summed E-state index contributed by atoms with van der Waals surface area (Å²) in [5.74, 6) is -9.11. The fourth-order valence-corrected chi connectivity index (χ4v) is 10.8. The second-order valence-electron chi connectivity index (χ2n) is 21.1. The van der Waals surface area contributed by atoms with Crippen LogP contribution in [-0.2, 0) is 57.1 Å². The first-order valence-corrected chi connectivity index (χ1v) is 26.4. The van der Waals surface area contributed by atoms with Gasteiger partial charge in [0.15, 0.2) is 5.78 Å². The van der Waals surface area contributed by atoms with Gasteiger partial charge in [-0.25, -0.2) is 4.79 Å². The van der Waals surface area contributed by atoms with E-state index >= 15 is 0 Å². The van der Waals surface area contributed by atoms with E-state index in [1.54, 1.807) is 72.1 Å². The van der Waals surface area contributed by atoms with Crippen molar-refractivity contribution in [3.05, 3.63) is 47.6 Å². The number of alkyl halides is 3. The van der Waals surface area contributed by atoms with E-state index in [9.17, 15) is 52.5 Å². The van der Waals surface area contributed by atoms with Gasteiger partial charge < -0.3 is 48.6 Å². The predicted octanol–water partition coefficient (Wildman–Crippen LogP) is 7.10. The second kappa shape index (κ2) is 29.7. The molecule has 0 spiro atoms. The largest absolute Gasteiger partial charge is 0.522 e. The average molecular weight is 1060 g/mol. The molecule has 4 aliphatic rings. The zero-order valence-corrected chi connectivity index (χ0v) is 44.9. The number of ether oxygens (including phenoxy) is 7. The van der Waals surface area contributed by atoms with Crippen molar-refractivity contribution in [1.82, 2.24) is 4.90 Å². The molecular formula is C55H84F3NO15. The van der Waals surface area contributed by atoms with E-state index < -0.39 is 103 Å². The van der Waals surface area contributed by atoms with Crippen LogP contribution in [0.15, 0.2) is 47.6 Å². The van der Waals surface area contributed by atoms with Gasteiger partial charge in [0.25, 0.3) is 11.7 Å². The summed E-state index contributed by atoms with van der Waals surface area (Å²) in [6.45, 7) is 10.9. The number of amides is 1. The molecule has 2 bridgehead atoms. The number of ketones is 3. The minimum Gasteiger partial charge on any atom is -0.460 e. The van der Waals surface area contributed by atoms with Crippen LogP contribution in [-0.4, -0.2) is 158 Å². The molecular weight excluding hydrogens is 972 g/mol. The van der Waals surface area contributed by atoms with Crippen molar-refractivity contribution >= 4 is 29.2 Å². The lowest BCUT2D eigenvalue weighted by atomic mass is 9.78. The fraction of sp³-hybridized carbons (Fsp3) is 0.764. The summed E-state index contributed by atoms with van der Waals surface area (Å²) >= 11 is 0. The molecule has 0 aromatic heterocycles. The normalized spacial score (nSPS) is 37.2. The molecule has 3 unspecified atom stereocenters. The number of aliphatic hydroxyl groups is 3. The van der Waals surface area contributed by atoms with Crippen LogP contribution in [0.5, 0.6) is 0 Å². The number of allylic oxidation sites excluding steroid dienone is 6. The van der Waals surface area contributed by atoms with E-state index in [-0.39, 0.29) is 81.1 Å². The van der Waals surface area contributed by atoms with Gasteiger partial charge in [-0.2, -0.15) is 0 Å². The number of Topliss-reactive ketones (excluding diaryl/α,β-unsaturated/α-hetero) is 3. The Morgan fingerprint density at radius 3 is 2.26 bits per heavy atom. The molecule has 15 atom stereocenters. The first kappa shape index (κ1) is 62.9. The second-order valence-corrected chi connectivity index (χ2v) is 21.1. The number of piperidine rings is 1. The maximum absolute atomic E-state index is 14.5. The Balaban J connectivity index is 1.72. The first-order valence-electron chi connectivity index (χ1n) is 26.4. The molecule has 0 aromatic rings. The van der Waals surface area contributed by atoms with E-state index in [0.717, 1.165) is 11.3 Å². The van der Waals surface area contributed by atoms with Crippen LogP contribution in [0.4, 0.5) is 13.2 Å². The number of rotatable bonds is 12. The third-order valence-electron chi connectivity index (χ3n) is 15.3. The predicted molar refractivity (Wildman–Crippen MR) is 267 cm³/mol. The van der Waals surface area contributed by atoms with Gasteiger partial charge in [-0.05, 0) is 107 Å². The highest BCUT2D eigenvalue weighted by molar-refractivity contribution is 6.39. The lowest BCUT2D eigenvalue weighted by Crippen LogP contribution is -2.61. The molecule has 0 radical (unpaired) electrons. The number of nitrogens with zero attached hydrogens (tertiary/aromatic N) is 1. The minimum absolute atomic E-state index is 0.00786.